The number of carbonyl (C=O) groups is 1. The van der Waals surface area contributed by atoms with E-state index in [1.165, 1.54) is 4.88 Å². The van der Waals surface area contributed by atoms with Gasteiger partial charge in [0.05, 0.1) is 11.2 Å². The zero-order valence-electron chi connectivity index (χ0n) is 12.3. The predicted molar refractivity (Wildman–Crippen MR) is 80.6 cm³/mol. The second-order valence-electron chi connectivity index (χ2n) is 6.17. The molecule has 1 amide bonds. The van der Waals surface area contributed by atoms with E-state index in [-0.39, 0.29) is 0 Å². The molecule has 1 saturated carbocycles. The van der Waals surface area contributed by atoms with Gasteiger partial charge in [-0.25, -0.2) is 4.98 Å². The van der Waals surface area contributed by atoms with Gasteiger partial charge in [0.1, 0.15) is 0 Å². The van der Waals surface area contributed by atoms with Crippen LogP contribution in [0.4, 0.5) is 0 Å². The monoisotopic (exact) mass is 293 g/mol. The van der Waals surface area contributed by atoms with Crippen molar-refractivity contribution in [1.29, 1.82) is 0 Å². The minimum Gasteiger partial charge on any atom is -0.342 e. The van der Waals surface area contributed by atoms with Crippen LogP contribution >= 0.6 is 11.3 Å². The molecule has 4 nitrogen and oxygen atoms in total. The van der Waals surface area contributed by atoms with Crippen LogP contribution in [0.1, 0.15) is 36.8 Å². The standard InChI is InChI=1S/C15H23N3OS/c1-10-8-18(15(19)12-3-4-12)6-5-13(10)16-7-14-11(2)17-9-20-14/h9-10,12-13,16H,3-8H2,1-2H3/t10-,13+/m1/s1. The molecule has 110 valence electrons. The van der Waals surface area contributed by atoms with Crippen LogP contribution in [0.15, 0.2) is 5.51 Å². The average molecular weight is 293 g/mol. The van der Waals surface area contributed by atoms with Crippen molar-refractivity contribution < 1.29 is 4.79 Å². The Bertz CT molecular complexity index is 483. The summed E-state index contributed by atoms with van der Waals surface area (Å²) in [6, 6.07) is 0.514. The summed E-state index contributed by atoms with van der Waals surface area (Å²) < 4.78 is 0. The number of aromatic nitrogens is 1. The number of amides is 1. The van der Waals surface area contributed by atoms with Crippen molar-refractivity contribution in [2.75, 3.05) is 13.1 Å². The highest BCUT2D eigenvalue weighted by Gasteiger charge is 2.36. The topological polar surface area (TPSA) is 45.2 Å². The van der Waals surface area contributed by atoms with E-state index in [2.05, 4.69) is 29.0 Å². The fraction of sp³-hybridized carbons (Fsp3) is 0.733. The third-order valence-corrected chi connectivity index (χ3v) is 5.45. The van der Waals surface area contributed by atoms with Crippen LogP contribution in [0.3, 0.4) is 0 Å². The number of hydrogen-bond acceptors (Lipinski definition) is 4. The molecular weight excluding hydrogens is 270 g/mol. The summed E-state index contributed by atoms with van der Waals surface area (Å²) in [4.78, 5) is 19.8. The lowest BCUT2D eigenvalue weighted by Gasteiger charge is -2.37. The molecule has 0 aromatic carbocycles. The Morgan fingerprint density at radius 1 is 1.50 bits per heavy atom. The average Bonchev–Trinajstić information content (AvgIpc) is 3.20. The molecule has 0 unspecified atom stereocenters. The molecule has 3 rings (SSSR count). The Morgan fingerprint density at radius 2 is 2.30 bits per heavy atom. The Kier molecular flexibility index (Phi) is 4.08. The van der Waals surface area contributed by atoms with Crippen molar-refractivity contribution in [3.63, 3.8) is 0 Å². The molecule has 2 fully saturated rings. The lowest BCUT2D eigenvalue weighted by atomic mass is 9.93. The molecule has 0 spiro atoms. The third kappa shape index (κ3) is 3.04. The number of nitrogens with one attached hydrogen (secondary N) is 1. The molecule has 1 aliphatic carbocycles. The fourth-order valence-electron chi connectivity index (χ4n) is 2.96. The maximum absolute atomic E-state index is 12.1. The molecule has 0 bridgehead atoms. The van der Waals surface area contributed by atoms with Crippen molar-refractivity contribution in [3.05, 3.63) is 16.1 Å². The van der Waals surface area contributed by atoms with Crippen LogP contribution in [0.2, 0.25) is 0 Å². The highest BCUT2D eigenvalue weighted by molar-refractivity contribution is 7.09. The first kappa shape index (κ1) is 14.0. The van der Waals surface area contributed by atoms with Gasteiger partial charge in [-0.1, -0.05) is 6.92 Å². The van der Waals surface area contributed by atoms with Crippen LogP contribution in [0.25, 0.3) is 0 Å². The van der Waals surface area contributed by atoms with E-state index < -0.39 is 0 Å². The molecule has 0 radical (unpaired) electrons. The highest BCUT2D eigenvalue weighted by Crippen LogP contribution is 2.32. The first-order valence-corrected chi connectivity index (χ1v) is 8.44. The largest absolute Gasteiger partial charge is 0.342 e. The summed E-state index contributed by atoms with van der Waals surface area (Å²) in [7, 11) is 0. The van der Waals surface area contributed by atoms with E-state index >= 15 is 0 Å². The van der Waals surface area contributed by atoms with Gasteiger partial charge in [0.2, 0.25) is 5.91 Å². The summed E-state index contributed by atoms with van der Waals surface area (Å²) in [5.41, 5.74) is 3.05. The number of carbonyl (C=O) groups excluding carboxylic acids is 1. The number of aryl methyl sites for hydroxylation is 1. The number of piperidine rings is 1. The van der Waals surface area contributed by atoms with Gasteiger partial charge >= 0.3 is 0 Å². The normalized spacial score (nSPS) is 26.8. The maximum atomic E-state index is 12.1. The zero-order chi connectivity index (χ0) is 14.1. The van der Waals surface area contributed by atoms with E-state index in [4.69, 9.17) is 0 Å². The first-order valence-electron chi connectivity index (χ1n) is 7.56. The Hall–Kier alpha value is -0.940. The fourth-order valence-corrected chi connectivity index (χ4v) is 3.69. The molecule has 1 aromatic rings. The quantitative estimate of drug-likeness (QED) is 0.925. The van der Waals surface area contributed by atoms with Gasteiger partial charge in [-0.3, -0.25) is 4.79 Å². The van der Waals surface area contributed by atoms with Gasteiger partial charge in [-0.2, -0.15) is 0 Å². The molecule has 2 atom stereocenters. The van der Waals surface area contributed by atoms with E-state index in [9.17, 15) is 4.79 Å². The molecular formula is C15H23N3OS. The lowest BCUT2D eigenvalue weighted by Crippen LogP contribution is -2.50. The summed E-state index contributed by atoms with van der Waals surface area (Å²) in [5, 5.41) is 3.65. The number of thiazole rings is 1. The molecule has 1 aliphatic heterocycles. The minimum absolute atomic E-state index is 0.353. The van der Waals surface area contributed by atoms with E-state index in [0.29, 0.717) is 23.8 Å². The van der Waals surface area contributed by atoms with Gasteiger partial charge in [-0.15, -0.1) is 11.3 Å². The van der Waals surface area contributed by atoms with Crippen LogP contribution in [0, 0.1) is 18.8 Å². The number of hydrogen-bond donors (Lipinski definition) is 1. The molecule has 2 aliphatic rings. The number of rotatable bonds is 4. The summed E-state index contributed by atoms with van der Waals surface area (Å²) in [6.45, 7) is 7.05. The summed E-state index contributed by atoms with van der Waals surface area (Å²) in [5.74, 6) is 1.28. The molecule has 2 heterocycles. The van der Waals surface area contributed by atoms with E-state index in [1.807, 2.05) is 5.51 Å². The van der Waals surface area contributed by atoms with Gasteiger partial charge in [-0.05, 0) is 32.1 Å². The zero-order valence-corrected chi connectivity index (χ0v) is 13.1. The van der Waals surface area contributed by atoms with Crippen molar-refractivity contribution in [3.8, 4) is 0 Å². The van der Waals surface area contributed by atoms with Crippen LogP contribution in [-0.4, -0.2) is 34.9 Å². The predicted octanol–water partition coefficient (Wildman–Crippen LogP) is 2.19. The van der Waals surface area contributed by atoms with Gasteiger partial charge in [0.15, 0.2) is 0 Å². The number of likely N-dealkylation sites (tertiary alicyclic amines) is 1. The van der Waals surface area contributed by atoms with Crippen LogP contribution in [-0.2, 0) is 11.3 Å². The SMILES string of the molecule is Cc1ncsc1CN[C@H]1CCN(C(=O)C2CC2)C[C@H]1C. The van der Waals surface area contributed by atoms with Gasteiger partial charge in [0.25, 0.3) is 0 Å². The smallest absolute Gasteiger partial charge is 0.225 e. The maximum Gasteiger partial charge on any atom is 0.225 e. The highest BCUT2D eigenvalue weighted by atomic mass is 32.1. The molecule has 5 heteroatoms. The van der Waals surface area contributed by atoms with E-state index in [0.717, 1.165) is 44.6 Å². The Balaban J connectivity index is 1.50. The van der Waals surface area contributed by atoms with Gasteiger partial charge < -0.3 is 10.2 Å². The second kappa shape index (κ2) is 5.82. The van der Waals surface area contributed by atoms with Crippen molar-refractivity contribution in [2.45, 2.75) is 45.7 Å². The van der Waals surface area contributed by atoms with Gasteiger partial charge in [0, 0.05) is 36.5 Å². The van der Waals surface area contributed by atoms with E-state index in [1.54, 1.807) is 11.3 Å². The van der Waals surface area contributed by atoms with Crippen molar-refractivity contribution in [2.24, 2.45) is 11.8 Å². The number of nitrogens with zero attached hydrogens (tertiary/aromatic N) is 2. The first-order chi connectivity index (χ1) is 9.65. The Morgan fingerprint density at radius 3 is 2.90 bits per heavy atom. The Labute approximate surface area is 124 Å². The molecule has 1 saturated heterocycles. The summed E-state index contributed by atoms with van der Waals surface area (Å²) >= 11 is 1.72. The van der Waals surface area contributed by atoms with Crippen molar-refractivity contribution >= 4 is 17.2 Å². The van der Waals surface area contributed by atoms with Crippen molar-refractivity contribution in [1.82, 2.24) is 15.2 Å². The second-order valence-corrected chi connectivity index (χ2v) is 7.11. The van der Waals surface area contributed by atoms with Crippen LogP contribution < -0.4 is 5.32 Å². The minimum atomic E-state index is 0.353. The van der Waals surface area contributed by atoms with Crippen LogP contribution in [0.5, 0.6) is 0 Å². The lowest BCUT2D eigenvalue weighted by molar-refractivity contribution is -0.134. The summed E-state index contributed by atoms with van der Waals surface area (Å²) in [6.07, 6.45) is 3.28. The molecule has 1 N–H and O–H groups in total. The third-order valence-electron chi connectivity index (χ3n) is 4.51. The molecule has 20 heavy (non-hydrogen) atoms. The molecule has 1 aromatic heterocycles.